The van der Waals surface area contributed by atoms with Crippen molar-refractivity contribution in [2.24, 2.45) is 0 Å². The normalized spacial score (nSPS) is 9.81. The predicted molar refractivity (Wildman–Crippen MR) is 66.7 cm³/mol. The van der Waals surface area contributed by atoms with Crippen LogP contribution in [0.5, 0.6) is 0 Å². The number of anilines is 2. The van der Waals surface area contributed by atoms with Gasteiger partial charge in [-0.15, -0.1) is 0 Å². The van der Waals surface area contributed by atoms with Crippen LogP contribution in [-0.4, -0.2) is 16.0 Å². The SMILES string of the molecule is O=C(Nc1cccnc1)Nc1ncc(Br)s1. The summed E-state index contributed by atoms with van der Waals surface area (Å²) in [6.45, 7) is 0. The summed E-state index contributed by atoms with van der Waals surface area (Å²) in [5, 5.41) is 5.78. The summed E-state index contributed by atoms with van der Waals surface area (Å²) in [6, 6.07) is 3.16. The summed E-state index contributed by atoms with van der Waals surface area (Å²) >= 11 is 4.61. The lowest BCUT2D eigenvalue weighted by Gasteiger charge is -2.03. The highest BCUT2D eigenvalue weighted by Gasteiger charge is 2.05. The molecule has 2 aromatic rings. The predicted octanol–water partition coefficient (Wildman–Crippen LogP) is 2.94. The molecule has 0 radical (unpaired) electrons. The maximum Gasteiger partial charge on any atom is 0.325 e. The summed E-state index contributed by atoms with van der Waals surface area (Å²) < 4.78 is 0.865. The molecule has 5 nitrogen and oxygen atoms in total. The Kier molecular flexibility index (Phi) is 3.47. The van der Waals surface area contributed by atoms with Crippen LogP contribution in [0.4, 0.5) is 15.6 Å². The minimum absolute atomic E-state index is 0.338. The first-order chi connectivity index (χ1) is 7.74. The molecule has 2 aromatic heterocycles. The second-order valence-electron chi connectivity index (χ2n) is 2.79. The molecule has 0 spiro atoms. The highest BCUT2D eigenvalue weighted by molar-refractivity contribution is 9.11. The molecule has 2 heterocycles. The monoisotopic (exact) mass is 298 g/mol. The van der Waals surface area contributed by atoms with Gasteiger partial charge in [-0.25, -0.2) is 9.78 Å². The van der Waals surface area contributed by atoms with Gasteiger partial charge in [0.25, 0.3) is 0 Å². The summed E-state index contributed by atoms with van der Waals surface area (Å²) in [7, 11) is 0. The van der Waals surface area contributed by atoms with Crippen molar-refractivity contribution >= 4 is 44.1 Å². The number of hydrogen-bond donors (Lipinski definition) is 2. The molecule has 0 aromatic carbocycles. The summed E-state index contributed by atoms with van der Waals surface area (Å²) in [5.41, 5.74) is 0.635. The minimum Gasteiger partial charge on any atom is -0.306 e. The van der Waals surface area contributed by atoms with Crippen molar-refractivity contribution in [3.8, 4) is 0 Å². The maximum absolute atomic E-state index is 11.5. The fourth-order valence-corrected chi connectivity index (χ4v) is 2.11. The maximum atomic E-state index is 11.5. The Morgan fingerprint density at radius 1 is 1.38 bits per heavy atom. The van der Waals surface area contributed by atoms with Crippen LogP contribution in [0.3, 0.4) is 0 Å². The molecule has 0 saturated carbocycles. The van der Waals surface area contributed by atoms with Crippen LogP contribution in [0.1, 0.15) is 0 Å². The van der Waals surface area contributed by atoms with Crippen molar-refractivity contribution in [1.82, 2.24) is 9.97 Å². The molecule has 0 aliphatic carbocycles. The summed E-state index contributed by atoms with van der Waals surface area (Å²) in [5.74, 6) is 0. The van der Waals surface area contributed by atoms with Crippen molar-refractivity contribution < 1.29 is 4.79 Å². The van der Waals surface area contributed by atoms with Gasteiger partial charge < -0.3 is 5.32 Å². The second-order valence-corrected chi connectivity index (χ2v) is 5.20. The molecule has 2 amide bonds. The number of hydrogen-bond acceptors (Lipinski definition) is 4. The number of rotatable bonds is 2. The summed E-state index contributed by atoms with van der Waals surface area (Å²) in [6.07, 6.45) is 4.84. The van der Waals surface area contributed by atoms with Gasteiger partial charge in [0.2, 0.25) is 0 Å². The number of thiazole rings is 1. The van der Waals surface area contributed by atoms with E-state index in [1.807, 2.05) is 0 Å². The van der Waals surface area contributed by atoms with E-state index in [0.29, 0.717) is 10.8 Å². The molecule has 16 heavy (non-hydrogen) atoms. The number of amides is 2. The van der Waals surface area contributed by atoms with Crippen molar-refractivity contribution in [2.75, 3.05) is 10.6 Å². The number of nitrogens with zero attached hydrogens (tertiary/aromatic N) is 2. The molecular weight excluding hydrogens is 292 g/mol. The van der Waals surface area contributed by atoms with E-state index in [0.717, 1.165) is 3.79 Å². The molecule has 7 heteroatoms. The van der Waals surface area contributed by atoms with Crippen LogP contribution in [0.2, 0.25) is 0 Å². The lowest BCUT2D eigenvalue weighted by atomic mass is 10.4. The van der Waals surface area contributed by atoms with Gasteiger partial charge in [-0.3, -0.25) is 10.3 Å². The fourth-order valence-electron chi connectivity index (χ4n) is 1.01. The Morgan fingerprint density at radius 2 is 2.25 bits per heavy atom. The van der Waals surface area contributed by atoms with Crippen LogP contribution < -0.4 is 10.6 Å². The van der Waals surface area contributed by atoms with E-state index in [4.69, 9.17) is 0 Å². The van der Waals surface area contributed by atoms with Gasteiger partial charge in [0.1, 0.15) is 0 Å². The number of pyridine rings is 1. The van der Waals surface area contributed by atoms with Gasteiger partial charge in [0.05, 0.1) is 21.9 Å². The Bertz CT molecular complexity index is 487. The number of carbonyl (C=O) groups is 1. The quantitative estimate of drug-likeness (QED) is 0.896. The fraction of sp³-hybridized carbons (Fsp3) is 0. The Morgan fingerprint density at radius 3 is 2.88 bits per heavy atom. The van der Waals surface area contributed by atoms with Crippen LogP contribution >= 0.6 is 27.3 Å². The molecule has 0 unspecified atom stereocenters. The molecule has 0 fully saturated rings. The number of halogens is 1. The number of carbonyl (C=O) groups excluding carboxylic acids is 1. The van der Waals surface area contributed by atoms with Crippen LogP contribution in [0.15, 0.2) is 34.5 Å². The smallest absolute Gasteiger partial charge is 0.306 e. The minimum atomic E-state index is -0.338. The topological polar surface area (TPSA) is 66.9 Å². The van der Waals surface area contributed by atoms with Crippen LogP contribution in [0, 0.1) is 0 Å². The van der Waals surface area contributed by atoms with E-state index in [1.54, 1.807) is 30.7 Å². The Labute approximate surface area is 104 Å². The van der Waals surface area contributed by atoms with E-state index in [9.17, 15) is 4.79 Å². The zero-order valence-corrected chi connectivity index (χ0v) is 10.4. The highest BCUT2D eigenvalue weighted by Crippen LogP contribution is 2.23. The molecule has 0 aliphatic heterocycles. The highest BCUT2D eigenvalue weighted by atomic mass is 79.9. The van der Waals surface area contributed by atoms with Crippen molar-refractivity contribution in [2.45, 2.75) is 0 Å². The number of urea groups is 1. The molecule has 0 atom stereocenters. The number of aromatic nitrogens is 2. The largest absolute Gasteiger partial charge is 0.325 e. The molecule has 0 saturated heterocycles. The molecule has 0 bridgehead atoms. The molecule has 2 rings (SSSR count). The third kappa shape index (κ3) is 3.01. The van der Waals surface area contributed by atoms with Crippen LogP contribution in [-0.2, 0) is 0 Å². The molecule has 0 aliphatic rings. The van der Waals surface area contributed by atoms with Gasteiger partial charge in [0.15, 0.2) is 5.13 Å². The van der Waals surface area contributed by atoms with Gasteiger partial charge in [-0.2, -0.15) is 0 Å². The van der Waals surface area contributed by atoms with E-state index < -0.39 is 0 Å². The van der Waals surface area contributed by atoms with Gasteiger partial charge in [-0.05, 0) is 28.1 Å². The lowest BCUT2D eigenvalue weighted by Crippen LogP contribution is -2.19. The number of nitrogens with one attached hydrogen (secondary N) is 2. The van der Waals surface area contributed by atoms with Gasteiger partial charge >= 0.3 is 6.03 Å². The van der Waals surface area contributed by atoms with E-state index in [2.05, 4.69) is 36.5 Å². The Balaban J connectivity index is 1.95. The third-order valence-electron chi connectivity index (χ3n) is 1.62. The lowest BCUT2D eigenvalue weighted by molar-refractivity contribution is 0.262. The first kappa shape index (κ1) is 11.0. The third-order valence-corrected chi connectivity index (χ3v) is 3.01. The summed E-state index contributed by atoms with van der Waals surface area (Å²) in [4.78, 5) is 19.4. The van der Waals surface area contributed by atoms with Crippen molar-refractivity contribution in [3.05, 3.63) is 34.5 Å². The van der Waals surface area contributed by atoms with E-state index in [1.165, 1.54) is 11.3 Å². The van der Waals surface area contributed by atoms with Crippen molar-refractivity contribution in [1.29, 1.82) is 0 Å². The average molecular weight is 299 g/mol. The first-order valence-electron chi connectivity index (χ1n) is 4.33. The zero-order chi connectivity index (χ0) is 11.4. The zero-order valence-electron chi connectivity index (χ0n) is 7.98. The Hall–Kier alpha value is -1.47. The molecule has 82 valence electrons. The first-order valence-corrected chi connectivity index (χ1v) is 5.94. The van der Waals surface area contributed by atoms with Crippen LogP contribution in [0.25, 0.3) is 0 Å². The van der Waals surface area contributed by atoms with Crippen molar-refractivity contribution in [3.63, 3.8) is 0 Å². The van der Waals surface area contributed by atoms with E-state index >= 15 is 0 Å². The second kappa shape index (κ2) is 5.04. The molecule has 2 N–H and O–H groups in total. The average Bonchev–Trinajstić information content (AvgIpc) is 2.65. The van der Waals surface area contributed by atoms with Gasteiger partial charge in [-0.1, -0.05) is 11.3 Å². The van der Waals surface area contributed by atoms with Gasteiger partial charge in [0, 0.05) is 6.20 Å². The van der Waals surface area contributed by atoms with E-state index in [-0.39, 0.29) is 6.03 Å². The molecular formula is C9H7BrN4OS. The standard InChI is InChI=1S/C9H7BrN4OS/c10-7-5-12-9(16-7)14-8(15)13-6-2-1-3-11-4-6/h1-5H,(H2,12,13,14,15).